The standard InChI is InChI=1S/C5H14OSi.CHNO/c1-3-5-6-7-4-2;2-1-3/h3-5,7H2,1-2H3;2H. The lowest BCUT2D eigenvalue weighted by atomic mass is 10.5. The van der Waals surface area contributed by atoms with Crippen molar-refractivity contribution in [2.45, 2.75) is 26.3 Å². The van der Waals surface area contributed by atoms with Gasteiger partial charge in [-0.25, -0.2) is 10.2 Å². The van der Waals surface area contributed by atoms with Gasteiger partial charge in [0.1, 0.15) is 0 Å². The predicted molar refractivity (Wildman–Crippen MR) is 43.7 cm³/mol. The minimum absolute atomic E-state index is 0.0893. The molecule has 0 amide bonds. The highest BCUT2D eigenvalue weighted by Crippen LogP contribution is 1.79. The molecule has 0 aliphatic heterocycles. The summed E-state index contributed by atoms with van der Waals surface area (Å²) in [5.41, 5.74) is 0. The van der Waals surface area contributed by atoms with E-state index in [4.69, 9.17) is 14.6 Å². The highest BCUT2D eigenvalue weighted by atomic mass is 28.2. The van der Waals surface area contributed by atoms with Crippen LogP contribution in [0.15, 0.2) is 0 Å². The SMILES string of the molecule is CCCO[SiH2]CC.N=C=O. The summed E-state index contributed by atoms with van der Waals surface area (Å²) in [5.74, 6) is 0. The molecule has 0 saturated heterocycles. The minimum Gasteiger partial charge on any atom is -0.424 e. The Bertz CT molecular complexity index is 77.8. The zero-order valence-corrected chi connectivity index (χ0v) is 8.06. The first-order valence-corrected chi connectivity index (χ1v) is 5.02. The van der Waals surface area contributed by atoms with E-state index in [1.54, 1.807) is 0 Å². The number of nitrogens with one attached hydrogen (secondary N) is 1. The minimum atomic E-state index is -0.0893. The lowest BCUT2D eigenvalue weighted by Gasteiger charge is -1.95. The molecular weight excluding hydrogens is 146 g/mol. The van der Waals surface area contributed by atoms with E-state index in [0.717, 1.165) is 12.7 Å². The van der Waals surface area contributed by atoms with Crippen LogP contribution in [-0.2, 0) is 9.22 Å². The first-order chi connectivity index (χ1) is 4.83. The van der Waals surface area contributed by atoms with Crippen LogP contribution in [-0.4, -0.2) is 22.4 Å². The van der Waals surface area contributed by atoms with Crippen LogP contribution in [0.4, 0.5) is 0 Å². The van der Waals surface area contributed by atoms with Gasteiger partial charge < -0.3 is 4.43 Å². The number of isocyanates is 1. The van der Waals surface area contributed by atoms with Crippen molar-refractivity contribution < 1.29 is 9.22 Å². The monoisotopic (exact) mass is 161 g/mol. The van der Waals surface area contributed by atoms with Crippen molar-refractivity contribution in [2.24, 2.45) is 0 Å². The van der Waals surface area contributed by atoms with Gasteiger partial charge in [-0.1, -0.05) is 13.8 Å². The summed E-state index contributed by atoms with van der Waals surface area (Å²) in [6.45, 7) is 5.31. The fraction of sp³-hybridized carbons (Fsp3) is 0.833. The summed E-state index contributed by atoms with van der Waals surface area (Å²) in [7, 11) is -0.0893. The molecule has 0 aliphatic rings. The van der Waals surface area contributed by atoms with Gasteiger partial charge in [-0.3, -0.25) is 0 Å². The summed E-state index contributed by atoms with van der Waals surface area (Å²) >= 11 is 0. The van der Waals surface area contributed by atoms with Crippen molar-refractivity contribution in [1.29, 1.82) is 5.41 Å². The molecule has 0 heterocycles. The third kappa shape index (κ3) is 25.7. The summed E-state index contributed by atoms with van der Waals surface area (Å²) in [6, 6.07) is 1.28. The van der Waals surface area contributed by atoms with Crippen molar-refractivity contribution in [3.05, 3.63) is 0 Å². The maximum atomic E-state index is 8.35. The van der Waals surface area contributed by atoms with Gasteiger partial charge in [0.15, 0.2) is 9.76 Å². The third-order valence-corrected chi connectivity index (χ3v) is 1.68. The molecule has 0 aromatic heterocycles. The molecule has 4 heteroatoms. The summed E-state index contributed by atoms with van der Waals surface area (Å²) in [4.78, 5) is 8.35. The normalized spacial score (nSPS) is 8.60. The molecule has 0 saturated carbocycles. The number of carbonyl (C=O) groups excluding carboxylic acids is 1. The molecule has 0 spiro atoms. The van der Waals surface area contributed by atoms with Gasteiger partial charge >= 0.3 is 0 Å². The Hall–Kier alpha value is -0.443. The zero-order chi connectivity index (χ0) is 8.24. The quantitative estimate of drug-likeness (QED) is 0.287. The van der Waals surface area contributed by atoms with E-state index in [1.807, 2.05) is 0 Å². The molecule has 0 radical (unpaired) electrons. The highest BCUT2D eigenvalue weighted by Gasteiger charge is 1.79. The van der Waals surface area contributed by atoms with Crippen LogP contribution < -0.4 is 0 Å². The molecule has 0 aliphatic carbocycles. The Balaban J connectivity index is 0. The average Bonchev–Trinajstić information content (AvgIpc) is 1.91. The first-order valence-electron chi connectivity index (χ1n) is 3.45. The van der Waals surface area contributed by atoms with E-state index in [-0.39, 0.29) is 9.76 Å². The number of hydrogen-bond donors (Lipinski definition) is 1. The molecule has 3 nitrogen and oxygen atoms in total. The van der Waals surface area contributed by atoms with Crippen LogP contribution in [0.2, 0.25) is 6.04 Å². The molecule has 0 rings (SSSR count). The Morgan fingerprint density at radius 1 is 1.60 bits per heavy atom. The number of hydrogen-bond acceptors (Lipinski definition) is 3. The largest absolute Gasteiger partial charge is 0.424 e. The summed E-state index contributed by atoms with van der Waals surface area (Å²) in [6.07, 6.45) is 1.92. The predicted octanol–water partition coefficient (Wildman–Crippen LogP) is 0.836. The van der Waals surface area contributed by atoms with Crippen molar-refractivity contribution in [3.63, 3.8) is 0 Å². The molecule has 0 aromatic rings. The van der Waals surface area contributed by atoms with Gasteiger partial charge in [0.05, 0.1) is 0 Å². The Morgan fingerprint density at radius 2 is 2.10 bits per heavy atom. The van der Waals surface area contributed by atoms with Gasteiger partial charge in [-0.05, 0) is 12.5 Å². The maximum Gasteiger partial charge on any atom is 0.231 e. The maximum absolute atomic E-state index is 8.35. The molecule has 60 valence electrons. The third-order valence-electron chi connectivity index (χ3n) is 0.697. The van der Waals surface area contributed by atoms with Gasteiger partial charge in [0, 0.05) is 6.61 Å². The Labute approximate surface area is 64.2 Å². The van der Waals surface area contributed by atoms with E-state index >= 15 is 0 Å². The molecule has 1 N–H and O–H groups in total. The van der Waals surface area contributed by atoms with Gasteiger partial charge in [-0.15, -0.1) is 0 Å². The fourth-order valence-electron chi connectivity index (χ4n) is 0.391. The molecule has 10 heavy (non-hydrogen) atoms. The fourth-order valence-corrected chi connectivity index (χ4v) is 1.17. The van der Waals surface area contributed by atoms with E-state index in [1.165, 1.54) is 12.5 Å². The topological polar surface area (TPSA) is 50.1 Å². The van der Waals surface area contributed by atoms with Crippen LogP contribution in [0.1, 0.15) is 20.3 Å². The van der Waals surface area contributed by atoms with Crippen LogP contribution in [0, 0.1) is 5.41 Å². The lowest BCUT2D eigenvalue weighted by Crippen LogP contribution is -1.96. The molecule has 0 fully saturated rings. The van der Waals surface area contributed by atoms with Crippen LogP contribution >= 0.6 is 0 Å². The zero-order valence-electron chi connectivity index (χ0n) is 6.64. The van der Waals surface area contributed by atoms with Crippen LogP contribution in [0.3, 0.4) is 0 Å². The second kappa shape index (κ2) is 15.8. The van der Waals surface area contributed by atoms with Crippen molar-refractivity contribution >= 4 is 15.8 Å². The van der Waals surface area contributed by atoms with Crippen molar-refractivity contribution in [1.82, 2.24) is 0 Å². The second-order valence-corrected chi connectivity index (χ2v) is 3.53. The van der Waals surface area contributed by atoms with E-state index < -0.39 is 0 Å². The second-order valence-electron chi connectivity index (χ2n) is 1.71. The molecule has 0 unspecified atom stereocenters. The van der Waals surface area contributed by atoms with Crippen molar-refractivity contribution in [3.8, 4) is 0 Å². The van der Waals surface area contributed by atoms with Crippen LogP contribution in [0.5, 0.6) is 0 Å². The Kier molecular flexibility index (Phi) is 19.4. The van der Waals surface area contributed by atoms with Crippen LogP contribution in [0.25, 0.3) is 0 Å². The highest BCUT2D eigenvalue weighted by molar-refractivity contribution is 6.26. The Morgan fingerprint density at radius 3 is 2.40 bits per heavy atom. The van der Waals surface area contributed by atoms with E-state index in [0.29, 0.717) is 0 Å². The average molecular weight is 161 g/mol. The number of rotatable bonds is 4. The first kappa shape index (κ1) is 12.3. The van der Waals surface area contributed by atoms with Gasteiger partial charge in [0.2, 0.25) is 6.08 Å². The molecule has 0 bridgehead atoms. The molecular formula is C6H15NO2Si. The smallest absolute Gasteiger partial charge is 0.231 e. The molecule has 0 atom stereocenters. The van der Waals surface area contributed by atoms with E-state index in [2.05, 4.69) is 13.8 Å². The van der Waals surface area contributed by atoms with Crippen molar-refractivity contribution in [2.75, 3.05) is 6.61 Å². The van der Waals surface area contributed by atoms with E-state index in [9.17, 15) is 0 Å². The lowest BCUT2D eigenvalue weighted by molar-refractivity contribution is 0.335. The summed E-state index contributed by atoms with van der Waals surface area (Å²) in [5, 5.41) is 5.40. The summed E-state index contributed by atoms with van der Waals surface area (Å²) < 4.78 is 5.27. The molecule has 0 aromatic carbocycles. The van der Waals surface area contributed by atoms with Gasteiger partial charge in [-0.2, -0.15) is 0 Å². The van der Waals surface area contributed by atoms with Gasteiger partial charge in [0.25, 0.3) is 0 Å².